The van der Waals surface area contributed by atoms with E-state index in [4.69, 9.17) is 9.84 Å². The number of para-hydroxylation sites is 1. The van der Waals surface area contributed by atoms with Crippen LogP contribution in [0.25, 0.3) is 0 Å². The highest BCUT2D eigenvalue weighted by molar-refractivity contribution is 5.95. The van der Waals surface area contributed by atoms with Gasteiger partial charge in [0.15, 0.2) is 0 Å². The number of aliphatic carboxylic acids is 1. The number of hydrogen-bond acceptors (Lipinski definition) is 6. The van der Waals surface area contributed by atoms with Gasteiger partial charge in [0.2, 0.25) is 5.91 Å². The molecule has 2 aliphatic heterocycles. The van der Waals surface area contributed by atoms with Crippen LogP contribution in [-0.2, 0) is 21.4 Å². The van der Waals surface area contributed by atoms with Gasteiger partial charge in [-0.15, -0.1) is 0 Å². The van der Waals surface area contributed by atoms with Crippen LogP contribution in [0, 0.1) is 5.92 Å². The van der Waals surface area contributed by atoms with Gasteiger partial charge < -0.3 is 24.7 Å². The first-order valence-electron chi connectivity index (χ1n) is 15.2. The number of likely N-dealkylation sites (tertiary alicyclic amines) is 2. The number of benzene rings is 1. The van der Waals surface area contributed by atoms with E-state index in [1.54, 1.807) is 29.2 Å². The molecule has 0 aliphatic carbocycles. The molecule has 4 rings (SSSR count). The number of unbranched alkanes of at least 4 members (excludes halogenated alkanes) is 1. The molecule has 0 bridgehead atoms. The van der Waals surface area contributed by atoms with Gasteiger partial charge in [0.1, 0.15) is 11.4 Å². The lowest BCUT2D eigenvalue weighted by molar-refractivity contribution is -0.144. The van der Waals surface area contributed by atoms with Gasteiger partial charge in [-0.1, -0.05) is 31.5 Å². The van der Waals surface area contributed by atoms with Crippen molar-refractivity contribution in [1.82, 2.24) is 14.8 Å². The lowest BCUT2D eigenvalue weighted by Gasteiger charge is -2.45. The second-order valence-electron chi connectivity index (χ2n) is 11.6. The summed E-state index contributed by atoms with van der Waals surface area (Å²) in [7, 11) is 0. The number of ether oxygens (including phenoxy) is 1. The summed E-state index contributed by atoms with van der Waals surface area (Å²) >= 11 is 0. The Morgan fingerprint density at radius 2 is 1.80 bits per heavy atom. The van der Waals surface area contributed by atoms with E-state index in [1.165, 1.54) is 11.1 Å². The zero-order valence-corrected chi connectivity index (χ0v) is 24.9. The summed E-state index contributed by atoms with van der Waals surface area (Å²) in [6.45, 7) is 3.00. The molecule has 240 valence electrons. The molecule has 2 aromatic rings. The smallest absolute Gasteiger partial charge is 0.418 e. The molecule has 3 heterocycles. The molecule has 0 saturated carbocycles. The topological polar surface area (TPSA) is 120 Å². The Morgan fingerprint density at radius 3 is 2.48 bits per heavy atom. The minimum Gasteiger partial charge on any atom is -0.493 e. The van der Waals surface area contributed by atoms with Crippen LogP contribution in [-0.4, -0.2) is 75.1 Å². The Morgan fingerprint density at radius 1 is 1.07 bits per heavy atom. The number of alkyl halides is 3. The Kier molecular flexibility index (Phi) is 10.9. The number of aliphatic hydroxyl groups is 1. The highest BCUT2D eigenvalue weighted by Gasteiger charge is 2.45. The third-order valence-electron chi connectivity index (χ3n) is 8.59. The van der Waals surface area contributed by atoms with Crippen molar-refractivity contribution in [2.75, 3.05) is 26.2 Å². The van der Waals surface area contributed by atoms with Gasteiger partial charge in [0.05, 0.1) is 23.7 Å². The van der Waals surface area contributed by atoms with E-state index >= 15 is 0 Å². The number of carbonyl (C=O) groups excluding carboxylic acids is 2. The van der Waals surface area contributed by atoms with Crippen LogP contribution < -0.4 is 4.74 Å². The number of nitrogens with zero attached hydrogens (tertiary/aromatic N) is 3. The lowest BCUT2D eigenvalue weighted by atomic mass is 9.81. The maximum Gasteiger partial charge on any atom is 0.418 e. The van der Waals surface area contributed by atoms with Crippen molar-refractivity contribution < 1.29 is 42.5 Å². The average molecular weight is 620 g/mol. The van der Waals surface area contributed by atoms with E-state index in [0.29, 0.717) is 56.4 Å². The zero-order valence-electron chi connectivity index (χ0n) is 24.9. The normalized spacial score (nSPS) is 20.3. The average Bonchev–Trinajstić information content (AvgIpc) is 3.00. The van der Waals surface area contributed by atoms with Gasteiger partial charge in [0, 0.05) is 43.9 Å². The standard InChI is InChI=1S/C32H40F3N3O6/c1-2-9-25-22(10-8-18-38(25)30(42)28-24(32(33,34)35)12-7-17-36-28)29(41)37-19-15-31(43,16-20-37)23-11-3-4-13-26(23)44-21-6-5-14-27(39)40/h3-4,7,11-13,17,22,25,43H,2,5-6,8-10,14-16,18-21H2,1H3,(H,39,40). The van der Waals surface area contributed by atoms with E-state index in [9.17, 15) is 32.7 Å². The predicted molar refractivity (Wildman–Crippen MR) is 155 cm³/mol. The first kappa shape index (κ1) is 33.2. The molecule has 2 amide bonds. The number of carboxylic acid groups (broad SMARTS) is 1. The van der Waals surface area contributed by atoms with Crippen LogP contribution >= 0.6 is 0 Å². The van der Waals surface area contributed by atoms with Gasteiger partial charge in [-0.25, -0.2) is 0 Å². The van der Waals surface area contributed by atoms with Crippen LogP contribution in [0.2, 0.25) is 0 Å². The highest BCUT2D eigenvalue weighted by atomic mass is 19.4. The van der Waals surface area contributed by atoms with Crippen LogP contribution in [0.5, 0.6) is 5.75 Å². The summed E-state index contributed by atoms with van der Waals surface area (Å²) in [4.78, 5) is 45.0. The molecule has 12 heteroatoms. The largest absolute Gasteiger partial charge is 0.493 e. The second-order valence-corrected chi connectivity index (χ2v) is 11.6. The first-order chi connectivity index (χ1) is 21.0. The summed E-state index contributed by atoms with van der Waals surface area (Å²) in [6.07, 6.45) is 0.135. The van der Waals surface area contributed by atoms with Crippen molar-refractivity contribution in [3.63, 3.8) is 0 Å². The minimum atomic E-state index is -4.74. The molecule has 1 aromatic heterocycles. The van der Waals surface area contributed by atoms with Crippen molar-refractivity contribution in [2.45, 2.75) is 82.5 Å². The third-order valence-corrected chi connectivity index (χ3v) is 8.59. The second kappa shape index (κ2) is 14.4. The van der Waals surface area contributed by atoms with Gasteiger partial charge in [-0.2, -0.15) is 13.2 Å². The van der Waals surface area contributed by atoms with Gasteiger partial charge >= 0.3 is 12.1 Å². The number of piperidine rings is 2. The molecule has 0 radical (unpaired) electrons. The molecule has 1 aromatic carbocycles. The molecule has 44 heavy (non-hydrogen) atoms. The number of halogens is 3. The third kappa shape index (κ3) is 7.69. The van der Waals surface area contributed by atoms with Crippen molar-refractivity contribution in [2.24, 2.45) is 5.92 Å². The molecule has 2 unspecified atom stereocenters. The van der Waals surface area contributed by atoms with Crippen molar-refractivity contribution in [1.29, 1.82) is 0 Å². The first-order valence-corrected chi connectivity index (χ1v) is 15.2. The summed E-state index contributed by atoms with van der Waals surface area (Å²) in [5, 5.41) is 20.5. The Balaban J connectivity index is 1.45. The Bertz CT molecular complexity index is 1310. The van der Waals surface area contributed by atoms with E-state index in [2.05, 4.69) is 4.98 Å². The molecule has 2 atom stereocenters. The maximum absolute atomic E-state index is 13.9. The Labute approximate surface area is 255 Å². The number of amides is 2. The van der Waals surface area contributed by atoms with Crippen molar-refractivity contribution in [3.8, 4) is 5.75 Å². The predicted octanol–water partition coefficient (Wildman–Crippen LogP) is 5.27. The monoisotopic (exact) mass is 619 g/mol. The van der Waals surface area contributed by atoms with Gasteiger partial charge in [-0.3, -0.25) is 19.4 Å². The Hall–Kier alpha value is -3.67. The van der Waals surface area contributed by atoms with E-state index < -0.39 is 46.9 Å². The number of pyridine rings is 1. The summed E-state index contributed by atoms with van der Waals surface area (Å²) in [5.41, 5.74) is -2.37. The molecular weight excluding hydrogens is 579 g/mol. The van der Waals surface area contributed by atoms with Crippen LogP contribution in [0.1, 0.15) is 86.3 Å². The number of carbonyl (C=O) groups is 3. The zero-order chi connectivity index (χ0) is 31.9. The van der Waals surface area contributed by atoms with E-state index in [0.717, 1.165) is 12.1 Å². The SMILES string of the molecule is CCCC1C(C(=O)N2CCC(O)(c3ccccc3OCCCCC(=O)O)CC2)CCCN1C(=O)c1ncccc1C(F)(F)F. The summed E-state index contributed by atoms with van der Waals surface area (Å²) < 4.78 is 46.9. The number of hydrogen-bond donors (Lipinski definition) is 2. The molecule has 2 N–H and O–H groups in total. The fourth-order valence-electron chi connectivity index (χ4n) is 6.33. The van der Waals surface area contributed by atoms with Crippen LogP contribution in [0.15, 0.2) is 42.6 Å². The lowest BCUT2D eigenvalue weighted by Crippen LogP contribution is -2.55. The molecule has 0 spiro atoms. The number of rotatable bonds is 11. The molecule has 9 nitrogen and oxygen atoms in total. The quantitative estimate of drug-likeness (QED) is 0.329. The molecule has 2 saturated heterocycles. The fourth-order valence-corrected chi connectivity index (χ4v) is 6.33. The van der Waals surface area contributed by atoms with Gasteiger partial charge in [-0.05, 0) is 63.1 Å². The molecular formula is C32H40F3N3O6. The highest BCUT2D eigenvalue weighted by Crippen LogP contribution is 2.40. The summed E-state index contributed by atoms with van der Waals surface area (Å²) in [5.74, 6) is -1.90. The van der Waals surface area contributed by atoms with Crippen molar-refractivity contribution in [3.05, 3.63) is 59.4 Å². The molecule has 2 aliphatic rings. The van der Waals surface area contributed by atoms with Gasteiger partial charge in [0.25, 0.3) is 5.91 Å². The van der Waals surface area contributed by atoms with E-state index in [1.807, 2.05) is 6.92 Å². The number of carboxylic acids is 1. The van der Waals surface area contributed by atoms with Crippen molar-refractivity contribution >= 4 is 17.8 Å². The van der Waals surface area contributed by atoms with Crippen LogP contribution in [0.3, 0.4) is 0 Å². The van der Waals surface area contributed by atoms with E-state index in [-0.39, 0.29) is 44.8 Å². The maximum atomic E-state index is 13.9. The number of aromatic nitrogens is 1. The van der Waals surface area contributed by atoms with Crippen LogP contribution in [0.4, 0.5) is 13.2 Å². The fraction of sp³-hybridized carbons (Fsp3) is 0.562. The summed E-state index contributed by atoms with van der Waals surface area (Å²) in [6, 6.07) is 8.58. The minimum absolute atomic E-state index is 0.0581. The molecule has 2 fully saturated rings.